The lowest BCUT2D eigenvalue weighted by Gasteiger charge is -2.36. The third kappa shape index (κ3) is 3.15. The van der Waals surface area contributed by atoms with E-state index in [0.717, 1.165) is 35.3 Å². The summed E-state index contributed by atoms with van der Waals surface area (Å²) >= 11 is 1.54. The number of hydrogen-bond donors (Lipinski definition) is 0. The number of thioether (sulfide) groups is 1. The molecule has 1 aliphatic rings. The first-order chi connectivity index (χ1) is 11.5. The molecule has 1 fully saturated rings. The normalized spacial score (nSPS) is 15.0. The number of nitrogens with zero attached hydrogens (tertiary/aromatic N) is 6. The van der Waals surface area contributed by atoms with E-state index in [1.165, 1.54) is 6.33 Å². The fourth-order valence-corrected chi connectivity index (χ4v) is 3.19. The van der Waals surface area contributed by atoms with Crippen LogP contribution in [0.5, 0.6) is 0 Å². The van der Waals surface area contributed by atoms with Gasteiger partial charge in [-0.1, -0.05) is 11.8 Å². The van der Waals surface area contributed by atoms with E-state index in [2.05, 4.69) is 31.8 Å². The van der Waals surface area contributed by atoms with Crippen LogP contribution in [0.3, 0.4) is 0 Å². The molecule has 0 unspecified atom stereocenters. The van der Waals surface area contributed by atoms with Crippen LogP contribution in [-0.2, 0) is 0 Å². The molecule has 3 heterocycles. The smallest absolute Gasteiger partial charge is 0.189 e. The molecule has 0 amide bonds. The minimum atomic E-state index is -0.329. The van der Waals surface area contributed by atoms with Gasteiger partial charge in [-0.25, -0.2) is 24.3 Å². The molecule has 0 saturated carbocycles. The number of rotatable bonds is 3. The quantitative estimate of drug-likeness (QED) is 0.623. The molecule has 0 atom stereocenters. The fraction of sp³-hybridized carbons (Fsp3) is 0.500. The summed E-state index contributed by atoms with van der Waals surface area (Å²) in [7, 11) is 0. The van der Waals surface area contributed by atoms with Crippen molar-refractivity contribution in [2.75, 3.05) is 42.2 Å². The van der Waals surface area contributed by atoms with Gasteiger partial charge in [-0.05, 0) is 27.0 Å². The van der Waals surface area contributed by atoms with Crippen molar-refractivity contribution in [3.05, 3.63) is 29.1 Å². The molecule has 0 radical (unpaired) electrons. The number of hydrogen-bond acceptors (Lipinski definition) is 7. The fourth-order valence-electron chi connectivity index (χ4n) is 2.78. The van der Waals surface area contributed by atoms with Gasteiger partial charge in [0, 0.05) is 37.4 Å². The third-order valence-electron chi connectivity index (χ3n) is 4.35. The zero-order valence-electron chi connectivity index (χ0n) is 14.4. The molecule has 0 aliphatic carbocycles. The van der Waals surface area contributed by atoms with Crippen molar-refractivity contribution in [1.82, 2.24) is 19.9 Å². The first-order valence-corrected chi connectivity index (χ1v) is 9.10. The SMILES string of the molecule is CSc1nc(C)c(C)c(N2CCN(c3ncnc(C)c3F)CC2)n1. The van der Waals surface area contributed by atoms with E-state index in [0.29, 0.717) is 24.6 Å². The first-order valence-electron chi connectivity index (χ1n) is 7.87. The minimum Gasteiger partial charge on any atom is -0.353 e. The summed E-state index contributed by atoms with van der Waals surface area (Å²) in [5.74, 6) is 1.04. The van der Waals surface area contributed by atoms with E-state index < -0.39 is 0 Å². The van der Waals surface area contributed by atoms with Crippen molar-refractivity contribution in [3.8, 4) is 0 Å². The molecular formula is C16H21FN6S. The third-order valence-corrected chi connectivity index (χ3v) is 4.90. The Morgan fingerprint density at radius 1 is 0.917 bits per heavy atom. The van der Waals surface area contributed by atoms with Gasteiger partial charge in [-0.15, -0.1) is 0 Å². The van der Waals surface area contributed by atoms with Crippen molar-refractivity contribution in [2.24, 2.45) is 0 Å². The zero-order valence-corrected chi connectivity index (χ0v) is 15.2. The van der Waals surface area contributed by atoms with Gasteiger partial charge in [0.05, 0.1) is 5.69 Å². The molecule has 0 spiro atoms. The lowest BCUT2D eigenvalue weighted by Crippen LogP contribution is -2.47. The average Bonchev–Trinajstić information content (AvgIpc) is 2.60. The number of aromatic nitrogens is 4. The zero-order chi connectivity index (χ0) is 17.3. The molecule has 2 aromatic rings. The van der Waals surface area contributed by atoms with E-state index in [4.69, 9.17) is 0 Å². The molecule has 0 bridgehead atoms. The van der Waals surface area contributed by atoms with Crippen LogP contribution in [-0.4, -0.2) is 52.4 Å². The van der Waals surface area contributed by atoms with Crippen LogP contribution in [0.25, 0.3) is 0 Å². The van der Waals surface area contributed by atoms with Gasteiger partial charge in [0.25, 0.3) is 0 Å². The first kappa shape index (κ1) is 16.9. The van der Waals surface area contributed by atoms with Gasteiger partial charge in [0.15, 0.2) is 16.8 Å². The second-order valence-corrected chi connectivity index (χ2v) is 6.59. The average molecular weight is 348 g/mol. The van der Waals surface area contributed by atoms with Crippen LogP contribution >= 0.6 is 11.8 Å². The van der Waals surface area contributed by atoms with Crippen LogP contribution in [0.2, 0.25) is 0 Å². The Kier molecular flexibility index (Phi) is 4.84. The van der Waals surface area contributed by atoms with E-state index in [1.54, 1.807) is 18.7 Å². The predicted octanol–water partition coefficient (Wildman–Crippen LogP) is 2.38. The standard InChI is InChI=1S/C16H21FN6S/c1-10-11(2)20-16(24-4)21-14(10)22-5-7-23(8-6-22)15-13(17)12(3)18-9-19-15/h9H,5-8H2,1-4H3. The largest absolute Gasteiger partial charge is 0.353 e. The maximum Gasteiger partial charge on any atom is 0.189 e. The molecule has 128 valence electrons. The van der Waals surface area contributed by atoms with E-state index >= 15 is 0 Å². The van der Waals surface area contributed by atoms with Crippen molar-refractivity contribution >= 4 is 23.4 Å². The predicted molar refractivity (Wildman–Crippen MR) is 94.4 cm³/mol. The van der Waals surface area contributed by atoms with Crippen molar-refractivity contribution in [2.45, 2.75) is 25.9 Å². The second-order valence-electron chi connectivity index (χ2n) is 5.82. The molecule has 0 N–H and O–H groups in total. The number of anilines is 2. The van der Waals surface area contributed by atoms with Gasteiger partial charge in [-0.2, -0.15) is 0 Å². The summed E-state index contributed by atoms with van der Waals surface area (Å²) in [6.45, 7) is 8.66. The lowest BCUT2D eigenvalue weighted by atomic mass is 10.2. The molecule has 1 aliphatic heterocycles. The Bertz CT molecular complexity index is 746. The minimum absolute atomic E-state index is 0.329. The Hall–Kier alpha value is -1.96. The van der Waals surface area contributed by atoms with E-state index in [9.17, 15) is 4.39 Å². The molecule has 2 aromatic heterocycles. The maximum absolute atomic E-state index is 14.2. The van der Waals surface area contributed by atoms with Crippen LogP contribution in [0.15, 0.2) is 11.5 Å². The Morgan fingerprint density at radius 2 is 1.54 bits per heavy atom. The lowest BCUT2D eigenvalue weighted by molar-refractivity contribution is 0.572. The number of aryl methyl sites for hydroxylation is 2. The molecule has 24 heavy (non-hydrogen) atoms. The van der Waals surface area contributed by atoms with Crippen LogP contribution < -0.4 is 9.80 Å². The van der Waals surface area contributed by atoms with Gasteiger partial charge < -0.3 is 9.80 Å². The Balaban J connectivity index is 1.78. The monoisotopic (exact) mass is 348 g/mol. The van der Waals surface area contributed by atoms with Gasteiger partial charge >= 0.3 is 0 Å². The van der Waals surface area contributed by atoms with Crippen LogP contribution in [0.4, 0.5) is 16.0 Å². The summed E-state index contributed by atoms with van der Waals surface area (Å²) in [5.41, 5.74) is 2.49. The van der Waals surface area contributed by atoms with Gasteiger partial charge in [0.2, 0.25) is 0 Å². The molecular weight excluding hydrogens is 327 g/mol. The molecule has 3 rings (SSSR count). The Morgan fingerprint density at radius 3 is 2.17 bits per heavy atom. The summed E-state index contributed by atoms with van der Waals surface area (Å²) in [6.07, 6.45) is 3.40. The van der Waals surface area contributed by atoms with Crippen LogP contribution in [0, 0.1) is 26.6 Å². The molecule has 6 nitrogen and oxygen atoms in total. The highest BCUT2D eigenvalue weighted by atomic mass is 32.2. The van der Waals surface area contributed by atoms with Gasteiger partial charge in [0.1, 0.15) is 12.1 Å². The van der Waals surface area contributed by atoms with E-state index in [1.807, 2.05) is 18.1 Å². The van der Waals surface area contributed by atoms with Crippen molar-refractivity contribution in [1.29, 1.82) is 0 Å². The van der Waals surface area contributed by atoms with Gasteiger partial charge in [-0.3, -0.25) is 0 Å². The topological polar surface area (TPSA) is 58.0 Å². The summed E-state index contributed by atoms with van der Waals surface area (Å²) in [5, 5.41) is 0.785. The molecule has 8 heteroatoms. The van der Waals surface area contributed by atoms with Crippen molar-refractivity contribution in [3.63, 3.8) is 0 Å². The highest BCUT2D eigenvalue weighted by molar-refractivity contribution is 7.98. The molecule has 0 aromatic carbocycles. The Labute approximate surface area is 145 Å². The summed E-state index contributed by atoms with van der Waals surface area (Å²) in [6, 6.07) is 0. The second kappa shape index (κ2) is 6.88. The number of halogens is 1. The van der Waals surface area contributed by atoms with Crippen molar-refractivity contribution < 1.29 is 4.39 Å². The molecule has 1 saturated heterocycles. The van der Waals surface area contributed by atoms with E-state index in [-0.39, 0.29) is 5.82 Å². The summed E-state index contributed by atoms with van der Waals surface area (Å²) < 4.78 is 14.2. The highest BCUT2D eigenvalue weighted by Crippen LogP contribution is 2.25. The number of piperazine rings is 1. The maximum atomic E-state index is 14.2. The van der Waals surface area contributed by atoms with Crippen LogP contribution in [0.1, 0.15) is 17.0 Å². The highest BCUT2D eigenvalue weighted by Gasteiger charge is 2.24. The summed E-state index contributed by atoms with van der Waals surface area (Å²) in [4.78, 5) is 21.4.